The molecule has 3 heteroatoms. The zero-order valence-electron chi connectivity index (χ0n) is 14.1. The van der Waals surface area contributed by atoms with Gasteiger partial charge < -0.3 is 15.0 Å². The molecule has 0 aliphatic carbocycles. The molecule has 0 spiro atoms. The van der Waals surface area contributed by atoms with Gasteiger partial charge in [-0.05, 0) is 90.4 Å². The SMILES string of the molecule is Cc1cc(OC(C)C)ccc1NC(C)C1CCN(C)CC1. The molecule has 0 saturated carbocycles. The lowest BCUT2D eigenvalue weighted by Crippen LogP contribution is -2.37. The Balaban J connectivity index is 1.95. The van der Waals surface area contributed by atoms with Crippen molar-refractivity contribution in [1.82, 2.24) is 4.90 Å². The summed E-state index contributed by atoms with van der Waals surface area (Å²) in [6.45, 7) is 11.0. The quantitative estimate of drug-likeness (QED) is 0.889. The van der Waals surface area contributed by atoms with Crippen molar-refractivity contribution in [3.63, 3.8) is 0 Å². The third-order valence-electron chi connectivity index (χ3n) is 4.42. The first-order valence-corrected chi connectivity index (χ1v) is 8.18. The van der Waals surface area contributed by atoms with Crippen LogP contribution in [0, 0.1) is 12.8 Å². The highest BCUT2D eigenvalue weighted by atomic mass is 16.5. The fraction of sp³-hybridized carbons (Fsp3) is 0.667. The molecular formula is C18H30N2O. The number of hydrogen-bond donors (Lipinski definition) is 1. The molecule has 0 amide bonds. The smallest absolute Gasteiger partial charge is 0.120 e. The maximum atomic E-state index is 5.75. The molecule has 1 aliphatic heterocycles. The first-order chi connectivity index (χ1) is 9.95. The van der Waals surface area contributed by atoms with Gasteiger partial charge in [-0.15, -0.1) is 0 Å². The molecule has 1 fully saturated rings. The van der Waals surface area contributed by atoms with Gasteiger partial charge >= 0.3 is 0 Å². The Kier molecular flexibility index (Phi) is 5.51. The molecule has 0 aromatic heterocycles. The van der Waals surface area contributed by atoms with Gasteiger partial charge in [0, 0.05) is 11.7 Å². The van der Waals surface area contributed by atoms with Crippen molar-refractivity contribution in [2.75, 3.05) is 25.5 Å². The predicted molar refractivity (Wildman–Crippen MR) is 90.2 cm³/mol. The molecule has 0 bridgehead atoms. The van der Waals surface area contributed by atoms with Gasteiger partial charge in [-0.3, -0.25) is 0 Å². The van der Waals surface area contributed by atoms with E-state index in [-0.39, 0.29) is 6.10 Å². The number of anilines is 1. The van der Waals surface area contributed by atoms with E-state index >= 15 is 0 Å². The van der Waals surface area contributed by atoms with Gasteiger partial charge in [0.1, 0.15) is 5.75 Å². The molecule has 1 aliphatic rings. The second-order valence-corrected chi connectivity index (χ2v) is 6.72. The summed E-state index contributed by atoms with van der Waals surface area (Å²) in [5.41, 5.74) is 2.49. The molecule has 2 rings (SSSR count). The fourth-order valence-electron chi connectivity index (χ4n) is 3.04. The number of benzene rings is 1. The molecule has 1 aromatic carbocycles. The molecule has 1 unspecified atom stereocenters. The van der Waals surface area contributed by atoms with Crippen LogP contribution >= 0.6 is 0 Å². The zero-order chi connectivity index (χ0) is 15.4. The van der Waals surface area contributed by atoms with E-state index in [9.17, 15) is 0 Å². The van der Waals surface area contributed by atoms with Crippen LogP contribution in [0.4, 0.5) is 5.69 Å². The van der Waals surface area contributed by atoms with Crippen LogP contribution in [0.5, 0.6) is 5.75 Å². The van der Waals surface area contributed by atoms with Crippen molar-refractivity contribution in [2.24, 2.45) is 5.92 Å². The molecule has 21 heavy (non-hydrogen) atoms. The standard InChI is InChI=1S/C18H30N2O/c1-13(2)21-17-6-7-18(14(3)12-17)19-15(4)16-8-10-20(5)11-9-16/h6-7,12-13,15-16,19H,8-11H2,1-5H3. The Labute approximate surface area is 129 Å². The molecule has 1 atom stereocenters. The van der Waals surface area contributed by atoms with Crippen molar-refractivity contribution >= 4 is 5.69 Å². The molecule has 1 N–H and O–H groups in total. The molecular weight excluding hydrogens is 260 g/mol. The summed E-state index contributed by atoms with van der Waals surface area (Å²) in [7, 11) is 2.21. The second kappa shape index (κ2) is 7.17. The number of nitrogens with zero attached hydrogens (tertiary/aromatic N) is 1. The van der Waals surface area contributed by atoms with Gasteiger partial charge in [-0.1, -0.05) is 0 Å². The monoisotopic (exact) mass is 290 g/mol. The van der Waals surface area contributed by atoms with Crippen LogP contribution in [0.2, 0.25) is 0 Å². The third-order valence-corrected chi connectivity index (χ3v) is 4.42. The summed E-state index contributed by atoms with van der Waals surface area (Å²) in [5, 5.41) is 3.70. The molecule has 0 radical (unpaired) electrons. The fourth-order valence-corrected chi connectivity index (χ4v) is 3.04. The highest BCUT2D eigenvalue weighted by Crippen LogP contribution is 2.26. The van der Waals surface area contributed by atoms with Gasteiger partial charge in [0.15, 0.2) is 0 Å². The van der Waals surface area contributed by atoms with Crippen molar-refractivity contribution in [3.8, 4) is 5.75 Å². The summed E-state index contributed by atoms with van der Waals surface area (Å²) >= 11 is 0. The van der Waals surface area contributed by atoms with Gasteiger partial charge in [0.05, 0.1) is 6.10 Å². The molecule has 3 nitrogen and oxygen atoms in total. The van der Waals surface area contributed by atoms with Crippen LogP contribution in [0.3, 0.4) is 0 Å². The Morgan fingerprint density at radius 2 is 1.86 bits per heavy atom. The summed E-state index contributed by atoms with van der Waals surface area (Å²) in [6, 6.07) is 6.87. The van der Waals surface area contributed by atoms with Crippen LogP contribution in [0.25, 0.3) is 0 Å². The van der Waals surface area contributed by atoms with Gasteiger partial charge in [0.2, 0.25) is 0 Å². The lowest BCUT2D eigenvalue weighted by atomic mass is 9.90. The number of rotatable bonds is 5. The van der Waals surface area contributed by atoms with E-state index in [0.29, 0.717) is 6.04 Å². The second-order valence-electron chi connectivity index (χ2n) is 6.72. The minimum atomic E-state index is 0.223. The lowest BCUT2D eigenvalue weighted by molar-refractivity contribution is 0.208. The number of hydrogen-bond acceptors (Lipinski definition) is 3. The van der Waals surface area contributed by atoms with Crippen LogP contribution in [-0.2, 0) is 0 Å². The first kappa shape index (κ1) is 16.2. The Hall–Kier alpha value is -1.22. The first-order valence-electron chi connectivity index (χ1n) is 8.18. The summed E-state index contributed by atoms with van der Waals surface area (Å²) in [5.74, 6) is 1.73. The average Bonchev–Trinajstić information content (AvgIpc) is 2.42. The topological polar surface area (TPSA) is 24.5 Å². The van der Waals surface area contributed by atoms with E-state index in [4.69, 9.17) is 4.74 Å². The Bertz CT molecular complexity index is 451. The number of likely N-dealkylation sites (tertiary alicyclic amines) is 1. The summed E-state index contributed by atoms with van der Waals surface area (Å²) in [4.78, 5) is 2.42. The number of aryl methyl sites for hydroxylation is 1. The molecule has 1 aromatic rings. The normalized spacial score (nSPS) is 18.8. The average molecular weight is 290 g/mol. The summed E-state index contributed by atoms with van der Waals surface area (Å²) in [6.07, 6.45) is 2.80. The van der Waals surface area contributed by atoms with E-state index in [1.165, 1.54) is 37.2 Å². The maximum absolute atomic E-state index is 5.75. The van der Waals surface area contributed by atoms with Crippen LogP contribution in [0.1, 0.15) is 39.2 Å². The van der Waals surface area contributed by atoms with Crippen LogP contribution < -0.4 is 10.1 Å². The lowest BCUT2D eigenvalue weighted by Gasteiger charge is -2.33. The van der Waals surface area contributed by atoms with Crippen molar-refractivity contribution in [2.45, 2.75) is 52.7 Å². The minimum absolute atomic E-state index is 0.223. The van der Waals surface area contributed by atoms with Crippen LogP contribution in [-0.4, -0.2) is 37.2 Å². The van der Waals surface area contributed by atoms with Crippen molar-refractivity contribution in [3.05, 3.63) is 23.8 Å². The number of nitrogens with one attached hydrogen (secondary N) is 1. The third kappa shape index (κ3) is 4.63. The minimum Gasteiger partial charge on any atom is -0.491 e. The summed E-state index contributed by atoms with van der Waals surface area (Å²) < 4.78 is 5.75. The highest BCUT2D eigenvalue weighted by molar-refractivity contribution is 5.54. The van der Waals surface area contributed by atoms with Crippen LogP contribution in [0.15, 0.2) is 18.2 Å². The van der Waals surface area contributed by atoms with E-state index in [2.05, 4.69) is 63.2 Å². The Morgan fingerprint density at radius 1 is 1.19 bits per heavy atom. The van der Waals surface area contributed by atoms with Gasteiger partial charge in [0.25, 0.3) is 0 Å². The van der Waals surface area contributed by atoms with Gasteiger partial charge in [-0.2, -0.15) is 0 Å². The van der Waals surface area contributed by atoms with Crippen molar-refractivity contribution < 1.29 is 4.74 Å². The largest absolute Gasteiger partial charge is 0.491 e. The predicted octanol–water partition coefficient (Wildman–Crippen LogP) is 3.92. The molecule has 118 valence electrons. The molecule has 1 heterocycles. The maximum Gasteiger partial charge on any atom is 0.120 e. The van der Waals surface area contributed by atoms with Gasteiger partial charge in [-0.25, -0.2) is 0 Å². The molecule has 1 saturated heterocycles. The van der Waals surface area contributed by atoms with E-state index < -0.39 is 0 Å². The number of piperidine rings is 1. The van der Waals surface area contributed by atoms with Crippen molar-refractivity contribution in [1.29, 1.82) is 0 Å². The van der Waals surface area contributed by atoms with E-state index in [0.717, 1.165) is 11.7 Å². The zero-order valence-corrected chi connectivity index (χ0v) is 14.1. The Morgan fingerprint density at radius 3 is 2.43 bits per heavy atom. The van der Waals surface area contributed by atoms with E-state index in [1.54, 1.807) is 0 Å². The van der Waals surface area contributed by atoms with E-state index in [1.807, 2.05) is 0 Å². The highest BCUT2D eigenvalue weighted by Gasteiger charge is 2.22. The number of ether oxygens (including phenoxy) is 1.